The third-order valence-electron chi connectivity index (χ3n) is 4.03. The molecule has 0 saturated carbocycles. The lowest BCUT2D eigenvalue weighted by molar-refractivity contribution is -0.990. The van der Waals surface area contributed by atoms with E-state index in [1.165, 1.54) is 0 Å². The molecule has 1 aliphatic rings. The molecule has 2 aromatic heterocycles. The summed E-state index contributed by atoms with van der Waals surface area (Å²) in [6.45, 7) is 5.78. The molecule has 108 valence electrons. The molecule has 1 aliphatic heterocycles. The van der Waals surface area contributed by atoms with Gasteiger partial charge in [-0.25, -0.2) is 9.72 Å². The first-order valence-electron chi connectivity index (χ1n) is 7.13. The molecule has 0 spiro atoms. The Labute approximate surface area is 117 Å². The summed E-state index contributed by atoms with van der Waals surface area (Å²) in [7, 11) is 0. The van der Waals surface area contributed by atoms with Gasteiger partial charge in [-0.3, -0.25) is 0 Å². The first-order valence-corrected chi connectivity index (χ1v) is 7.13. The zero-order valence-corrected chi connectivity index (χ0v) is 11.9. The topological polar surface area (TPSA) is 68.3 Å². The molecule has 0 aliphatic carbocycles. The van der Waals surface area contributed by atoms with Gasteiger partial charge >= 0.3 is 0 Å². The fraction of sp³-hybridized carbons (Fsp3) is 0.500. The Kier molecular flexibility index (Phi) is 3.37. The quantitative estimate of drug-likeness (QED) is 0.827. The van der Waals surface area contributed by atoms with Crippen LogP contribution < -0.4 is 10.1 Å². The van der Waals surface area contributed by atoms with Gasteiger partial charge in [0.05, 0.1) is 0 Å². The van der Waals surface area contributed by atoms with E-state index < -0.39 is 5.23 Å². The second-order valence-corrected chi connectivity index (χ2v) is 5.31. The van der Waals surface area contributed by atoms with Gasteiger partial charge in [0, 0.05) is 18.8 Å². The Hall–Kier alpha value is -1.63. The largest absolute Gasteiger partial charge is 0.595 e. The summed E-state index contributed by atoms with van der Waals surface area (Å²) in [5.74, 6) is 0.624. The van der Waals surface area contributed by atoms with Gasteiger partial charge < -0.3 is 10.1 Å². The maximum Gasteiger partial charge on any atom is 0.234 e. The summed E-state index contributed by atoms with van der Waals surface area (Å²) < 4.78 is 1.79. The number of nitrogens with one attached hydrogen (secondary N) is 1. The summed E-state index contributed by atoms with van der Waals surface area (Å²) in [5, 5.41) is 25.1. The monoisotopic (exact) mass is 276 g/mol. The van der Waals surface area contributed by atoms with E-state index in [9.17, 15) is 10.4 Å². The van der Waals surface area contributed by atoms with E-state index in [-0.39, 0.29) is 0 Å². The average Bonchev–Trinajstić information content (AvgIpc) is 3.06. The Balaban J connectivity index is 2.29. The van der Waals surface area contributed by atoms with Crippen molar-refractivity contribution in [2.75, 3.05) is 18.0 Å². The molecule has 3 heterocycles. The Morgan fingerprint density at radius 1 is 1.35 bits per heavy atom. The first kappa shape index (κ1) is 13.4. The Morgan fingerprint density at radius 3 is 2.65 bits per heavy atom. The van der Waals surface area contributed by atoms with Crippen molar-refractivity contribution in [2.24, 2.45) is 0 Å². The van der Waals surface area contributed by atoms with Crippen LogP contribution in [0.1, 0.15) is 31.0 Å². The van der Waals surface area contributed by atoms with E-state index in [2.05, 4.69) is 10.00 Å². The lowest BCUT2D eigenvalue weighted by Gasteiger charge is -2.18. The van der Waals surface area contributed by atoms with Crippen molar-refractivity contribution in [3.63, 3.8) is 0 Å². The van der Waals surface area contributed by atoms with Crippen LogP contribution in [-0.2, 0) is 6.42 Å². The summed E-state index contributed by atoms with van der Waals surface area (Å²) in [5.41, 5.74) is 3.10. The smallest absolute Gasteiger partial charge is 0.234 e. The number of hydrogen-bond donors (Lipinski definition) is 2. The molecule has 0 amide bonds. The summed E-state index contributed by atoms with van der Waals surface area (Å²) in [6, 6.07) is 4.00. The molecule has 20 heavy (non-hydrogen) atoms. The Morgan fingerprint density at radius 2 is 2.05 bits per heavy atom. The van der Waals surface area contributed by atoms with Gasteiger partial charge in [-0.2, -0.15) is 5.23 Å². The molecule has 1 unspecified atom stereocenters. The lowest BCUT2D eigenvalue weighted by Crippen LogP contribution is -2.99. The molecule has 1 fully saturated rings. The van der Waals surface area contributed by atoms with Gasteiger partial charge in [0.15, 0.2) is 0 Å². The predicted molar refractivity (Wildman–Crippen MR) is 76.5 cm³/mol. The van der Waals surface area contributed by atoms with Crippen molar-refractivity contribution in [2.45, 2.75) is 33.1 Å². The van der Waals surface area contributed by atoms with Gasteiger partial charge in [-0.1, -0.05) is 13.0 Å². The van der Waals surface area contributed by atoms with E-state index >= 15 is 0 Å². The van der Waals surface area contributed by atoms with E-state index in [4.69, 9.17) is 0 Å². The van der Waals surface area contributed by atoms with Crippen molar-refractivity contribution < 1.29 is 10.4 Å². The maximum atomic E-state index is 11.8. The number of anilines is 1. The van der Waals surface area contributed by atoms with Crippen LogP contribution in [0, 0.1) is 12.1 Å². The van der Waals surface area contributed by atoms with Crippen molar-refractivity contribution in [3.8, 4) is 0 Å². The second kappa shape index (κ2) is 5.05. The van der Waals surface area contributed by atoms with Gasteiger partial charge in [0.2, 0.25) is 11.5 Å². The Bertz CT molecular complexity index is 630. The highest BCUT2D eigenvalue weighted by molar-refractivity contribution is 5.80. The van der Waals surface area contributed by atoms with Crippen LogP contribution in [0.4, 0.5) is 11.5 Å². The van der Waals surface area contributed by atoms with E-state index in [0.717, 1.165) is 49.1 Å². The number of hydrogen-bond acceptors (Lipinski definition) is 4. The molecule has 1 saturated heterocycles. The van der Waals surface area contributed by atoms with Crippen LogP contribution in [0.2, 0.25) is 0 Å². The van der Waals surface area contributed by atoms with Crippen LogP contribution in [0.25, 0.3) is 5.52 Å². The van der Waals surface area contributed by atoms with Crippen molar-refractivity contribution in [1.82, 2.24) is 9.61 Å². The molecule has 0 radical (unpaired) electrons. The lowest BCUT2D eigenvalue weighted by atomic mass is 10.1. The fourth-order valence-corrected chi connectivity index (χ4v) is 2.96. The SMILES string of the molecule is CCc1ccc(C)n2nc(N3CCCC3)c([NH+]([O-])O)c12. The summed E-state index contributed by atoms with van der Waals surface area (Å²) in [4.78, 5) is 2.09. The van der Waals surface area contributed by atoms with Gasteiger partial charge in [0.1, 0.15) is 5.52 Å². The summed E-state index contributed by atoms with van der Waals surface area (Å²) >= 11 is 0. The average molecular weight is 276 g/mol. The molecular weight excluding hydrogens is 256 g/mol. The molecule has 3 rings (SSSR count). The standard InChI is InChI=1S/C14H20N4O2/c1-3-11-7-6-10(2)17-12(11)13(18(19)20)14(15-17)16-8-4-5-9-16/h6-7,18-19H,3-5,8-9H2,1-2H3. The highest BCUT2D eigenvalue weighted by atomic mass is 16.8. The molecule has 6 heteroatoms. The number of nitrogens with zero attached hydrogens (tertiary/aromatic N) is 3. The number of pyridine rings is 1. The zero-order chi connectivity index (χ0) is 14.3. The van der Waals surface area contributed by atoms with Crippen LogP contribution in [0.3, 0.4) is 0 Å². The van der Waals surface area contributed by atoms with Crippen LogP contribution >= 0.6 is 0 Å². The third-order valence-corrected chi connectivity index (χ3v) is 4.03. The third kappa shape index (κ3) is 1.96. The number of fused-ring (bicyclic) bond motifs is 1. The molecular formula is C14H20N4O2. The number of quaternary nitrogens is 1. The van der Waals surface area contributed by atoms with Gasteiger partial charge in [-0.05, 0) is 37.8 Å². The van der Waals surface area contributed by atoms with Crippen molar-refractivity contribution in [3.05, 3.63) is 28.6 Å². The minimum Gasteiger partial charge on any atom is -0.595 e. The maximum absolute atomic E-state index is 11.8. The highest BCUT2D eigenvalue weighted by Gasteiger charge is 2.27. The van der Waals surface area contributed by atoms with Crippen LogP contribution in [0.15, 0.2) is 12.1 Å². The van der Waals surface area contributed by atoms with Crippen LogP contribution in [-0.4, -0.2) is 27.9 Å². The normalized spacial score (nSPS) is 17.1. The highest BCUT2D eigenvalue weighted by Crippen LogP contribution is 2.31. The number of aryl methyl sites for hydroxylation is 2. The fourth-order valence-electron chi connectivity index (χ4n) is 2.96. The van der Waals surface area contributed by atoms with Crippen molar-refractivity contribution >= 4 is 17.0 Å². The minimum atomic E-state index is -0.887. The second-order valence-electron chi connectivity index (χ2n) is 5.31. The van der Waals surface area contributed by atoms with Gasteiger partial charge in [0.25, 0.3) is 0 Å². The van der Waals surface area contributed by atoms with E-state index in [1.54, 1.807) is 4.52 Å². The van der Waals surface area contributed by atoms with E-state index in [1.807, 2.05) is 26.0 Å². The molecule has 2 aromatic rings. The summed E-state index contributed by atoms with van der Waals surface area (Å²) in [6.07, 6.45) is 3.01. The molecule has 0 bridgehead atoms. The van der Waals surface area contributed by atoms with E-state index in [0.29, 0.717) is 11.5 Å². The zero-order valence-electron chi connectivity index (χ0n) is 11.9. The van der Waals surface area contributed by atoms with Crippen LogP contribution in [0.5, 0.6) is 0 Å². The molecule has 2 N–H and O–H groups in total. The van der Waals surface area contributed by atoms with Crippen molar-refractivity contribution in [1.29, 1.82) is 0 Å². The van der Waals surface area contributed by atoms with Gasteiger partial charge in [-0.15, -0.1) is 5.10 Å². The molecule has 0 aromatic carbocycles. The predicted octanol–water partition coefficient (Wildman–Crippen LogP) is 1.21. The number of rotatable bonds is 3. The minimum absolute atomic E-state index is 0.354. The molecule has 1 atom stereocenters. The molecule has 6 nitrogen and oxygen atoms in total. The first-order chi connectivity index (χ1) is 9.63. The number of aromatic nitrogens is 2.